The Morgan fingerprint density at radius 3 is 2.21 bits per heavy atom. The van der Waals surface area contributed by atoms with E-state index in [1.807, 2.05) is 58.9 Å². The second kappa shape index (κ2) is 8.69. The molecule has 2 aromatic rings. The van der Waals surface area contributed by atoms with Gasteiger partial charge in [-0.15, -0.1) is 0 Å². The van der Waals surface area contributed by atoms with Crippen LogP contribution in [0.3, 0.4) is 0 Å². The van der Waals surface area contributed by atoms with Crippen molar-refractivity contribution in [2.45, 2.75) is 53.1 Å². The summed E-state index contributed by atoms with van der Waals surface area (Å²) in [5, 5.41) is 2.76. The molecule has 28 heavy (non-hydrogen) atoms. The van der Waals surface area contributed by atoms with E-state index in [2.05, 4.69) is 15.3 Å². The normalized spacial score (nSPS) is 11.8. The number of anilines is 1. The van der Waals surface area contributed by atoms with Crippen molar-refractivity contribution in [2.24, 2.45) is 5.41 Å². The summed E-state index contributed by atoms with van der Waals surface area (Å²) >= 11 is 5.71. The summed E-state index contributed by atoms with van der Waals surface area (Å²) in [7, 11) is 0. The van der Waals surface area contributed by atoms with Crippen LogP contribution in [0.4, 0.5) is 5.82 Å². The monoisotopic (exact) mass is 403 g/mol. The molecule has 2 rings (SSSR count). The first-order valence-electron chi connectivity index (χ1n) is 9.04. The lowest BCUT2D eigenvalue weighted by Gasteiger charge is -2.28. The van der Waals surface area contributed by atoms with Crippen LogP contribution in [0, 0.1) is 5.41 Å². The Hall–Kier alpha value is -2.47. The molecule has 0 spiro atoms. The van der Waals surface area contributed by atoms with Gasteiger partial charge in [0.15, 0.2) is 0 Å². The Bertz CT molecular complexity index is 843. The summed E-state index contributed by atoms with van der Waals surface area (Å²) in [6, 6.07) is 9.19. The zero-order valence-corrected chi connectivity index (χ0v) is 17.6. The predicted octanol–water partition coefficient (Wildman–Crippen LogP) is 4.22. The van der Waals surface area contributed by atoms with Crippen LogP contribution in [0.5, 0.6) is 0 Å². The fourth-order valence-electron chi connectivity index (χ4n) is 2.55. The van der Waals surface area contributed by atoms with E-state index in [0.717, 1.165) is 11.1 Å². The van der Waals surface area contributed by atoms with Gasteiger partial charge in [0.05, 0.1) is 11.8 Å². The molecule has 1 N–H and O–H groups in total. The lowest BCUT2D eigenvalue weighted by molar-refractivity contribution is -0.165. The molecule has 0 aliphatic rings. The maximum atomic E-state index is 12.4. The number of nitrogens with zero attached hydrogens (tertiary/aromatic N) is 2. The van der Waals surface area contributed by atoms with Gasteiger partial charge in [0, 0.05) is 6.20 Å². The number of hydrogen-bond acceptors (Lipinski definition) is 5. The molecule has 0 atom stereocenters. The van der Waals surface area contributed by atoms with Gasteiger partial charge in [-0.1, -0.05) is 24.3 Å². The molecule has 150 valence electrons. The summed E-state index contributed by atoms with van der Waals surface area (Å²) in [5.41, 5.74) is 0.705. The molecule has 7 heteroatoms. The van der Waals surface area contributed by atoms with E-state index in [9.17, 15) is 9.59 Å². The summed E-state index contributed by atoms with van der Waals surface area (Å²) in [4.78, 5) is 32.3. The summed E-state index contributed by atoms with van der Waals surface area (Å²) in [5.74, 6) is -0.0655. The standard InChI is InChI=1S/C21H26ClN3O3/c1-20(2,3)28-18(27)21(4,5)13-15-8-6-14(7-9-15)12-17(26)24-16-10-11-23-19(22)25-16/h6-11H,12-13H2,1-5H3,(H,23,24,25,26). The van der Waals surface area contributed by atoms with E-state index < -0.39 is 11.0 Å². The smallest absolute Gasteiger partial charge is 0.312 e. The fourth-order valence-corrected chi connectivity index (χ4v) is 2.70. The highest BCUT2D eigenvalue weighted by atomic mass is 35.5. The van der Waals surface area contributed by atoms with Gasteiger partial charge < -0.3 is 10.1 Å². The Labute approximate surface area is 170 Å². The fraction of sp³-hybridized carbons (Fsp3) is 0.429. The van der Waals surface area contributed by atoms with Gasteiger partial charge in [-0.2, -0.15) is 0 Å². The molecular formula is C21H26ClN3O3. The molecule has 1 aromatic heterocycles. The molecule has 0 radical (unpaired) electrons. The van der Waals surface area contributed by atoms with Crippen molar-refractivity contribution >= 4 is 29.3 Å². The number of esters is 1. The van der Waals surface area contributed by atoms with Gasteiger partial charge in [-0.25, -0.2) is 9.97 Å². The number of rotatable bonds is 6. The van der Waals surface area contributed by atoms with Crippen molar-refractivity contribution < 1.29 is 14.3 Å². The number of halogens is 1. The van der Waals surface area contributed by atoms with Gasteiger partial charge in [0.1, 0.15) is 11.4 Å². The highest BCUT2D eigenvalue weighted by Gasteiger charge is 2.32. The van der Waals surface area contributed by atoms with E-state index in [1.165, 1.54) is 6.20 Å². The molecule has 0 aliphatic carbocycles. The van der Waals surface area contributed by atoms with Crippen molar-refractivity contribution in [3.63, 3.8) is 0 Å². The number of amides is 1. The molecule has 0 unspecified atom stereocenters. The van der Waals surface area contributed by atoms with Crippen LogP contribution < -0.4 is 5.32 Å². The molecule has 0 bridgehead atoms. The van der Waals surface area contributed by atoms with Crippen molar-refractivity contribution in [1.82, 2.24) is 9.97 Å². The first kappa shape index (κ1) is 21.8. The lowest BCUT2D eigenvalue weighted by Crippen LogP contribution is -2.35. The molecule has 0 saturated heterocycles. The van der Waals surface area contributed by atoms with E-state index in [4.69, 9.17) is 16.3 Å². The van der Waals surface area contributed by atoms with Crippen LogP contribution in [0.1, 0.15) is 45.7 Å². The topological polar surface area (TPSA) is 81.2 Å². The maximum Gasteiger partial charge on any atom is 0.312 e. The minimum Gasteiger partial charge on any atom is -0.460 e. The van der Waals surface area contributed by atoms with Crippen LogP contribution in [0.2, 0.25) is 5.28 Å². The zero-order chi connectivity index (χ0) is 20.9. The van der Waals surface area contributed by atoms with Crippen molar-refractivity contribution in [3.05, 3.63) is 52.9 Å². The third-order valence-corrected chi connectivity index (χ3v) is 4.06. The van der Waals surface area contributed by atoms with E-state index in [1.54, 1.807) is 6.07 Å². The first-order valence-corrected chi connectivity index (χ1v) is 9.42. The quantitative estimate of drug-likeness (QED) is 0.576. The van der Waals surface area contributed by atoms with Gasteiger partial charge >= 0.3 is 5.97 Å². The Morgan fingerprint density at radius 2 is 1.64 bits per heavy atom. The third-order valence-electron chi connectivity index (χ3n) is 3.88. The van der Waals surface area contributed by atoms with Gasteiger partial charge in [-0.05, 0) is 69.8 Å². The average molecular weight is 404 g/mol. The number of aromatic nitrogens is 2. The SMILES string of the molecule is CC(C)(C)OC(=O)C(C)(C)Cc1ccc(CC(=O)Nc2ccnc(Cl)n2)cc1. The van der Waals surface area contributed by atoms with Gasteiger partial charge in [0.2, 0.25) is 11.2 Å². The van der Waals surface area contributed by atoms with Crippen LogP contribution in [-0.4, -0.2) is 27.4 Å². The molecular weight excluding hydrogens is 378 g/mol. The minimum atomic E-state index is -0.640. The lowest BCUT2D eigenvalue weighted by atomic mass is 9.85. The van der Waals surface area contributed by atoms with E-state index in [0.29, 0.717) is 12.2 Å². The highest BCUT2D eigenvalue weighted by molar-refractivity contribution is 6.28. The third kappa shape index (κ3) is 6.93. The van der Waals surface area contributed by atoms with Crippen molar-refractivity contribution in [2.75, 3.05) is 5.32 Å². The van der Waals surface area contributed by atoms with Gasteiger partial charge in [0.25, 0.3) is 0 Å². The number of hydrogen-bond donors (Lipinski definition) is 1. The largest absolute Gasteiger partial charge is 0.460 e. The molecule has 1 amide bonds. The van der Waals surface area contributed by atoms with Crippen LogP contribution in [0.15, 0.2) is 36.5 Å². The molecule has 1 heterocycles. The highest BCUT2D eigenvalue weighted by Crippen LogP contribution is 2.26. The molecule has 0 aliphatic heterocycles. The maximum absolute atomic E-state index is 12.4. The Balaban J connectivity index is 1.95. The van der Waals surface area contributed by atoms with Crippen LogP contribution >= 0.6 is 11.6 Å². The summed E-state index contributed by atoms with van der Waals surface area (Å²) in [6.45, 7) is 9.31. The number of carbonyl (C=O) groups excluding carboxylic acids is 2. The number of benzene rings is 1. The predicted molar refractivity (Wildman–Crippen MR) is 109 cm³/mol. The molecule has 0 saturated carbocycles. The van der Waals surface area contributed by atoms with Crippen molar-refractivity contribution in [1.29, 1.82) is 0 Å². The number of ether oxygens (including phenoxy) is 1. The molecule has 1 aromatic carbocycles. The van der Waals surface area contributed by atoms with Crippen LogP contribution in [0.25, 0.3) is 0 Å². The molecule has 0 fully saturated rings. The average Bonchev–Trinajstić information content (AvgIpc) is 2.55. The minimum absolute atomic E-state index is 0.0785. The Kier molecular flexibility index (Phi) is 6.77. The second-order valence-corrected chi connectivity index (χ2v) is 8.65. The second-order valence-electron chi connectivity index (χ2n) is 8.31. The van der Waals surface area contributed by atoms with E-state index >= 15 is 0 Å². The van der Waals surface area contributed by atoms with Crippen molar-refractivity contribution in [3.8, 4) is 0 Å². The number of nitrogens with one attached hydrogen (secondary N) is 1. The Morgan fingerprint density at radius 1 is 1.04 bits per heavy atom. The first-order chi connectivity index (χ1) is 12.9. The summed E-state index contributed by atoms with van der Waals surface area (Å²) < 4.78 is 5.50. The molecule has 6 nitrogen and oxygen atoms in total. The van der Waals surface area contributed by atoms with Crippen LogP contribution in [-0.2, 0) is 27.2 Å². The summed E-state index contributed by atoms with van der Waals surface area (Å²) in [6.07, 6.45) is 2.23. The number of carbonyl (C=O) groups is 2. The van der Waals surface area contributed by atoms with Gasteiger partial charge in [-0.3, -0.25) is 9.59 Å². The van der Waals surface area contributed by atoms with E-state index in [-0.39, 0.29) is 23.6 Å². The zero-order valence-electron chi connectivity index (χ0n) is 16.9.